The third kappa shape index (κ3) is 3.96. The van der Waals surface area contributed by atoms with Crippen LogP contribution >= 0.6 is 11.6 Å². The van der Waals surface area contributed by atoms with Gasteiger partial charge in [-0.25, -0.2) is 4.98 Å². The summed E-state index contributed by atoms with van der Waals surface area (Å²) in [5, 5.41) is 3.54. The van der Waals surface area contributed by atoms with Gasteiger partial charge in [-0.2, -0.15) is 0 Å². The van der Waals surface area contributed by atoms with Crippen molar-refractivity contribution in [2.45, 2.75) is 6.42 Å². The molecule has 0 saturated carbocycles. The van der Waals surface area contributed by atoms with Crippen molar-refractivity contribution in [1.82, 2.24) is 10.3 Å². The second-order valence-corrected chi connectivity index (χ2v) is 4.54. The minimum absolute atomic E-state index is 0.151. The lowest BCUT2D eigenvalue weighted by Gasteiger charge is -2.05. The van der Waals surface area contributed by atoms with Crippen molar-refractivity contribution < 1.29 is 4.79 Å². The molecule has 19 heavy (non-hydrogen) atoms. The molecule has 1 amide bonds. The highest BCUT2D eigenvalue weighted by molar-refractivity contribution is 6.30. The zero-order valence-corrected chi connectivity index (χ0v) is 11.0. The van der Waals surface area contributed by atoms with E-state index in [1.165, 1.54) is 6.20 Å². The van der Waals surface area contributed by atoms with Crippen LogP contribution in [-0.2, 0) is 6.42 Å². The van der Waals surface area contributed by atoms with Gasteiger partial charge in [0.2, 0.25) is 0 Å². The number of halogens is 1. The van der Waals surface area contributed by atoms with Crippen LogP contribution in [0.5, 0.6) is 0 Å². The van der Waals surface area contributed by atoms with Crippen LogP contribution in [0, 0.1) is 0 Å². The normalized spacial score (nSPS) is 10.2. The topological polar surface area (TPSA) is 68.0 Å². The monoisotopic (exact) mass is 275 g/mol. The fourth-order valence-electron chi connectivity index (χ4n) is 1.61. The molecule has 0 fully saturated rings. The Bertz CT molecular complexity index is 552. The van der Waals surface area contributed by atoms with E-state index in [0.717, 1.165) is 12.0 Å². The number of nitrogen functional groups attached to an aromatic ring is 1. The third-order valence-corrected chi connectivity index (χ3v) is 2.91. The SMILES string of the molecule is Nc1ccc(C(=O)NCCc2ccc(Cl)cc2)cn1. The van der Waals surface area contributed by atoms with Gasteiger partial charge in [0.1, 0.15) is 5.82 Å². The predicted octanol–water partition coefficient (Wildman–Crippen LogP) is 2.29. The summed E-state index contributed by atoms with van der Waals surface area (Å²) >= 11 is 5.80. The Kier molecular flexibility index (Phi) is 4.36. The summed E-state index contributed by atoms with van der Waals surface area (Å²) in [5.41, 5.74) is 7.09. The van der Waals surface area contributed by atoms with Gasteiger partial charge in [-0.1, -0.05) is 23.7 Å². The summed E-state index contributed by atoms with van der Waals surface area (Å²) in [6, 6.07) is 10.8. The summed E-state index contributed by atoms with van der Waals surface area (Å²) in [4.78, 5) is 15.7. The number of hydrogen-bond donors (Lipinski definition) is 2. The molecule has 0 aliphatic heterocycles. The number of carbonyl (C=O) groups excluding carboxylic acids is 1. The van der Waals surface area contributed by atoms with Crippen molar-refractivity contribution in [2.24, 2.45) is 0 Å². The third-order valence-electron chi connectivity index (χ3n) is 2.66. The quantitative estimate of drug-likeness (QED) is 0.900. The molecular formula is C14H14ClN3O. The van der Waals surface area contributed by atoms with E-state index in [2.05, 4.69) is 10.3 Å². The minimum atomic E-state index is -0.151. The van der Waals surface area contributed by atoms with Crippen molar-refractivity contribution >= 4 is 23.3 Å². The molecule has 3 N–H and O–H groups in total. The molecule has 0 saturated heterocycles. The molecule has 0 spiro atoms. The molecule has 0 radical (unpaired) electrons. The number of amides is 1. The fraction of sp³-hybridized carbons (Fsp3) is 0.143. The number of nitrogens with two attached hydrogens (primary N) is 1. The van der Waals surface area contributed by atoms with Crippen molar-refractivity contribution in [3.05, 3.63) is 58.7 Å². The van der Waals surface area contributed by atoms with Crippen LogP contribution in [0.25, 0.3) is 0 Å². The molecule has 98 valence electrons. The average molecular weight is 276 g/mol. The summed E-state index contributed by atoms with van der Waals surface area (Å²) < 4.78 is 0. The largest absolute Gasteiger partial charge is 0.384 e. The number of anilines is 1. The second-order valence-electron chi connectivity index (χ2n) is 4.10. The van der Waals surface area contributed by atoms with Crippen LogP contribution in [0.15, 0.2) is 42.6 Å². The van der Waals surface area contributed by atoms with Crippen LogP contribution in [-0.4, -0.2) is 17.4 Å². The van der Waals surface area contributed by atoms with Gasteiger partial charge in [0.05, 0.1) is 5.56 Å². The second kappa shape index (κ2) is 6.20. The highest BCUT2D eigenvalue weighted by Crippen LogP contribution is 2.09. The van der Waals surface area contributed by atoms with Gasteiger partial charge in [-0.3, -0.25) is 4.79 Å². The van der Waals surface area contributed by atoms with Crippen molar-refractivity contribution in [3.63, 3.8) is 0 Å². The number of carbonyl (C=O) groups is 1. The van der Waals surface area contributed by atoms with Gasteiger partial charge in [0.15, 0.2) is 0 Å². The number of aromatic nitrogens is 1. The maximum atomic E-state index is 11.8. The average Bonchev–Trinajstić information content (AvgIpc) is 2.41. The van der Waals surface area contributed by atoms with Crippen molar-refractivity contribution in [3.8, 4) is 0 Å². The van der Waals surface area contributed by atoms with Gasteiger partial charge >= 0.3 is 0 Å². The number of rotatable bonds is 4. The lowest BCUT2D eigenvalue weighted by atomic mass is 10.1. The number of pyridine rings is 1. The molecule has 2 rings (SSSR count). The van der Waals surface area contributed by atoms with Crippen LogP contribution in [0.4, 0.5) is 5.82 Å². The fourth-order valence-corrected chi connectivity index (χ4v) is 1.74. The van der Waals surface area contributed by atoms with Crippen LogP contribution in [0.3, 0.4) is 0 Å². The number of nitrogens with zero attached hydrogens (tertiary/aromatic N) is 1. The first-order chi connectivity index (χ1) is 9.15. The van der Waals surface area contributed by atoms with E-state index in [4.69, 9.17) is 17.3 Å². The Morgan fingerprint density at radius 2 is 1.95 bits per heavy atom. The molecule has 0 aliphatic rings. The van der Waals surface area contributed by atoms with Gasteiger partial charge in [0.25, 0.3) is 5.91 Å². The van der Waals surface area contributed by atoms with Crippen molar-refractivity contribution in [1.29, 1.82) is 0 Å². The summed E-state index contributed by atoms with van der Waals surface area (Å²) in [7, 11) is 0. The number of benzene rings is 1. The van der Waals surface area contributed by atoms with Crippen LogP contribution in [0.2, 0.25) is 5.02 Å². The molecule has 4 nitrogen and oxygen atoms in total. The maximum absolute atomic E-state index is 11.8. The molecule has 2 aromatic rings. The van der Waals surface area contributed by atoms with Gasteiger partial charge < -0.3 is 11.1 Å². The van der Waals surface area contributed by atoms with Gasteiger partial charge in [0, 0.05) is 17.8 Å². The predicted molar refractivity (Wildman–Crippen MR) is 76.1 cm³/mol. The smallest absolute Gasteiger partial charge is 0.252 e. The Morgan fingerprint density at radius 1 is 1.21 bits per heavy atom. The Hall–Kier alpha value is -2.07. The molecular weight excluding hydrogens is 262 g/mol. The minimum Gasteiger partial charge on any atom is -0.384 e. The first-order valence-corrected chi connectivity index (χ1v) is 6.27. The Balaban J connectivity index is 1.84. The summed E-state index contributed by atoms with van der Waals surface area (Å²) in [5.74, 6) is 0.249. The number of hydrogen-bond acceptors (Lipinski definition) is 3. The van der Waals surface area contributed by atoms with Crippen LogP contribution < -0.4 is 11.1 Å². The van der Waals surface area contributed by atoms with Gasteiger partial charge in [-0.05, 0) is 36.2 Å². The lowest BCUT2D eigenvalue weighted by Crippen LogP contribution is -2.25. The lowest BCUT2D eigenvalue weighted by molar-refractivity contribution is 0.0954. The van der Waals surface area contributed by atoms with Crippen molar-refractivity contribution in [2.75, 3.05) is 12.3 Å². The van der Waals surface area contributed by atoms with E-state index in [-0.39, 0.29) is 5.91 Å². The zero-order chi connectivity index (χ0) is 13.7. The molecule has 0 unspecified atom stereocenters. The van der Waals surface area contributed by atoms with Crippen LogP contribution in [0.1, 0.15) is 15.9 Å². The van der Waals surface area contributed by atoms with Gasteiger partial charge in [-0.15, -0.1) is 0 Å². The van der Waals surface area contributed by atoms with E-state index in [0.29, 0.717) is 22.9 Å². The molecule has 1 aromatic carbocycles. The molecule has 1 aromatic heterocycles. The highest BCUT2D eigenvalue weighted by atomic mass is 35.5. The Morgan fingerprint density at radius 3 is 2.58 bits per heavy atom. The zero-order valence-electron chi connectivity index (χ0n) is 10.3. The highest BCUT2D eigenvalue weighted by Gasteiger charge is 2.04. The van der Waals surface area contributed by atoms with E-state index in [9.17, 15) is 4.79 Å². The Labute approximate surface area is 116 Å². The molecule has 0 atom stereocenters. The maximum Gasteiger partial charge on any atom is 0.252 e. The first-order valence-electron chi connectivity index (χ1n) is 5.89. The van der Waals surface area contributed by atoms with E-state index < -0.39 is 0 Å². The standard InChI is InChI=1S/C14H14ClN3O/c15-12-4-1-10(2-5-12)7-8-17-14(19)11-3-6-13(16)18-9-11/h1-6,9H,7-8H2,(H2,16,18)(H,17,19). The number of nitrogens with one attached hydrogen (secondary N) is 1. The van der Waals surface area contributed by atoms with E-state index >= 15 is 0 Å². The first kappa shape index (κ1) is 13.4. The van der Waals surface area contributed by atoms with E-state index in [1.807, 2.05) is 24.3 Å². The summed E-state index contributed by atoms with van der Waals surface area (Å²) in [6.07, 6.45) is 2.22. The molecule has 0 bridgehead atoms. The molecule has 5 heteroatoms. The van der Waals surface area contributed by atoms with E-state index in [1.54, 1.807) is 12.1 Å². The molecule has 1 heterocycles. The molecule has 0 aliphatic carbocycles. The summed E-state index contributed by atoms with van der Waals surface area (Å²) in [6.45, 7) is 0.560.